The van der Waals surface area contributed by atoms with Gasteiger partial charge >= 0.3 is 0 Å². The van der Waals surface area contributed by atoms with Crippen LogP contribution in [0.15, 0.2) is 71.6 Å². The summed E-state index contributed by atoms with van der Waals surface area (Å²) in [5, 5.41) is 26.1. The summed E-state index contributed by atoms with van der Waals surface area (Å²) < 4.78 is 5.40. The number of fused-ring (bicyclic) bond motifs is 3. The van der Waals surface area contributed by atoms with Crippen molar-refractivity contribution in [3.63, 3.8) is 0 Å². The molecule has 5 atom stereocenters. The first-order valence-electron chi connectivity index (χ1n) is 13.4. The zero-order valence-corrected chi connectivity index (χ0v) is 23.4. The molecule has 1 saturated carbocycles. The van der Waals surface area contributed by atoms with Gasteiger partial charge in [-0.05, 0) is 47.7 Å². The van der Waals surface area contributed by atoms with E-state index in [9.17, 15) is 25.0 Å². The minimum absolute atomic E-state index is 0.0132. The lowest BCUT2D eigenvalue weighted by Crippen LogP contribution is -2.40. The van der Waals surface area contributed by atoms with Crippen molar-refractivity contribution in [3.05, 3.63) is 104 Å². The van der Waals surface area contributed by atoms with Crippen molar-refractivity contribution < 1.29 is 19.4 Å². The molecule has 1 amide bonds. The molecule has 1 N–H and O–H groups in total. The number of amides is 1. The normalized spacial score (nSPS) is 25.1. The fourth-order valence-corrected chi connectivity index (χ4v) is 8.15. The molecule has 1 saturated heterocycles. The van der Waals surface area contributed by atoms with Crippen molar-refractivity contribution in [2.45, 2.75) is 33.9 Å². The number of morpholine rings is 1. The van der Waals surface area contributed by atoms with Crippen LogP contribution in [0.2, 0.25) is 0 Å². The van der Waals surface area contributed by atoms with Gasteiger partial charge in [-0.2, -0.15) is 0 Å². The van der Waals surface area contributed by atoms with E-state index in [1.54, 1.807) is 35.2 Å². The van der Waals surface area contributed by atoms with Gasteiger partial charge in [0.15, 0.2) is 0 Å². The Morgan fingerprint density at radius 3 is 2.44 bits per heavy atom. The number of hydrogen-bond donors (Lipinski definition) is 1. The van der Waals surface area contributed by atoms with Gasteiger partial charge in [-0.25, -0.2) is 0 Å². The first-order valence-corrected chi connectivity index (χ1v) is 14.7. The van der Waals surface area contributed by atoms with E-state index in [2.05, 4.69) is 5.32 Å². The first-order chi connectivity index (χ1) is 19.8. The predicted molar refractivity (Wildman–Crippen MR) is 156 cm³/mol. The Hall–Kier alpha value is -3.67. The van der Waals surface area contributed by atoms with Crippen LogP contribution >= 0.6 is 23.4 Å². The number of rotatable bonds is 6. The molecule has 6 rings (SSSR count). The molecular weight excluding hydrogens is 568 g/mol. The highest BCUT2D eigenvalue weighted by Gasteiger charge is 2.50. The van der Waals surface area contributed by atoms with Crippen LogP contribution in [0.3, 0.4) is 0 Å². The number of ether oxygens (including phenoxy) is 1. The number of non-ortho nitro benzene ring substituents is 1. The molecule has 212 valence electrons. The van der Waals surface area contributed by atoms with Crippen LogP contribution in [0, 0.1) is 26.1 Å². The van der Waals surface area contributed by atoms with Crippen molar-refractivity contribution in [1.29, 1.82) is 0 Å². The molecule has 0 unspecified atom stereocenters. The van der Waals surface area contributed by atoms with E-state index < -0.39 is 4.92 Å². The summed E-state index contributed by atoms with van der Waals surface area (Å²) in [4.78, 5) is 37.8. The van der Waals surface area contributed by atoms with Crippen molar-refractivity contribution >= 4 is 46.3 Å². The number of nitro benzene ring substituents is 2. The fraction of sp³-hybridized carbons (Fsp3) is 0.345. The molecule has 2 aliphatic heterocycles. The van der Waals surface area contributed by atoms with Crippen LogP contribution in [-0.4, -0.2) is 57.6 Å². The lowest BCUT2D eigenvalue weighted by atomic mass is 9.76. The topological polar surface area (TPSA) is 128 Å². The Morgan fingerprint density at radius 2 is 1.73 bits per heavy atom. The Kier molecular flexibility index (Phi) is 7.58. The quantitative estimate of drug-likeness (QED) is 0.209. The number of nitrogens with one attached hydrogen (secondary N) is 1. The van der Waals surface area contributed by atoms with Crippen LogP contribution in [0.25, 0.3) is 0 Å². The Labute approximate surface area is 245 Å². The maximum atomic E-state index is 13.3. The van der Waals surface area contributed by atoms with Crippen molar-refractivity contribution in [2.75, 3.05) is 31.6 Å². The van der Waals surface area contributed by atoms with E-state index in [4.69, 9.17) is 16.3 Å². The smallest absolute Gasteiger partial charge is 0.282 e. The van der Waals surface area contributed by atoms with E-state index in [0.29, 0.717) is 43.2 Å². The number of carbonyl (C=O) groups excluding carboxylic acids is 1. The second-order valence-electron chi connectivity index (χ2n) is 10.4. The molecule has 0 spiro atoms. The molecule has 12 heteroatoms. The third kappa shape index (κ3) is 5.25. The average Bonchev–Trinajstić information content (AvgIpc) is 3.32. The zero-order chi connectivity index (χ0) is 28.7. The number of thioether (sulfide) groups is 1. The number of hydrogen-bond acceptors (Lipinski definition) is 8. The molecule has 3 aliphatic rings. The molecule has 2 fully saturated rings. The van der Waals surface area contributed by atoms with Gasteiger partial charge in [-0.15, -0.1) is 23.4 Å². The van der Waals surface area contributed by atoms with Crippen molar-refractivity contribution in [2.24, 2.45) is 5.92 Å². The lowest BCUT2D eigenvalue weighted by Gasteiger charge is -2.38. The fourth-order valence-electron chi connectivity index (χ4n) is 6.20. The first kappa shape index (κ1) is 27.5. The summed E-state index contributed by atoms with van der Waals surface area (Å²) in [6.07, 6.45) is 0.658. The second-order valence-corrected chi connectivity index (χ2v) is 12.2. The van der Waals surface area contributed by atoms with Crippen molar-refractivity contribution in [3.8, 4) is 0 Å². The maximum absolute atomic E-state index is 13.3. The number of alkyl halides is 1. The molecule has 3 aromatic rings. The summed E-state index contributed by atoms with van der Waals surface area (Å²) >= 11 is 8.65. The van der Waals surface area contributed by atoms with Crippen molar-refractivity contribution in [1.82, 2.24) is 4.90 Å². The van der Waals surface area contributed by atoms with Crippen LogP contribution in [0.4, 0.5) is 17.1 Å². The monoisotopic (exact) mass is 594 g/mol. The highest BCUT2D eigenvalue weighted by molar-refractivity contribution is 8.00. The van der Waals surface area contributed by atoms with Gasteiger partial charge in [0.1, 0.15) is 0 Å². The number of nitro groups is 2. The summed E-state index contributed by atoms with van der Waals surface area (Å²) in [6.45, 7) is 2.09. The van der Waals surface area contributed by atoms with E-state index in [-0.39, 0.29) is 50.7 Å². The molecule has 10 nitrogen and oxygen atoms in total. The number of para-hydroxylation sites is 1. The molecule has 0 bridgehead atoms. The number of carbonyl (C=O) groups is 1. The summed E-state index contributed by atoms with van der Waals surface area (Å²) in [5.74, 6) is -0.216. The van der Waals surface area contributed by atoms with Crippen LogP contribution in [0.5, 0.6) is 0 Å². The predicted octanol–water partition coefficient (Wildman–Crippen LogP) is 6.01. The molecule has 1 aliphatic carbocycles. The number of anilines is 1. The van der Waals surface area contributed by atoms with Gasteiger partial charge < -0.3 is 15.0 Å². The van der Waals surface area contributed by atoms with Gasteiger partial charge in [0.2, 0.25) is 0 Å². The number of halogens is 1. The highest BCUT2D eigenvalue weighted by Crippen LogP contribution is 2.58. The Balaban J connectivity index is 1.37. The van der Waals surface area contributed by atoms with Gasteiger partial charge in [-0.3, -0.25) is 25.0 Å². The Morgan fingerprint density at radius 1 is 1.00 bits per heavy atom. The number of benzene rings is 3. The van der Waals surface area contributed by atoms with Gasteiger partial charge in [0, 0.05) is 53.7 Å². The minimum Gasteiger partial charge on any atom is -0.378 e. The third-order valence-electron chi connectivity index (χ3n) is 8.16. The van der Waals surface area contributed by atoms with E-state index >= 15 is 0 Å². The average molecular weight is 595 g/mol. The zero-order valence-electron chi connectivity index (χ0n) is 21.9. The maximum Gasteiger partial charge on any atom is 0.282 e. The third-order valence-corrected chi connectivity index (χ3v) is 10.3. The largest absolute Gasteiger partial charge is 0.378 e. The van der Waals surface area contributed by atoms with Crippen LogP contribution in [-0.2, 0) is 4.74 Å². The van der Waals surface area contributed by atoms with E-state index in [1.807, 2.05) is 18.2 Å². The highest BCUT2D eigenvalue weighted by atomic mass is 35.5. The van der Waals surface area contributed by atoms with Crippen LogP contribution in [0.1, 0.15) is 39.9 Å². The second kappa shape index (κ2) is 11.3. The Bertz CT molecular complexity index is 1500. The van der Waals surface area contributed by atoms with Gasteiger partial charge in [-0.1, -0.05) is 24.3 Å². The van der Waals surface area contributed by atoms with E-state index in [0.717, 1.165) is 16.8 Å². The lowest BCUT2D eigenvalue weighted by molar-refractivity contribution is -0.387. The van der Waals surface area contributed by atoms with E-state index in [1.165, 1.54) is 30.0 Å². The molecular formula is C29H27ClN4O6S. The van der Waals surface area contributed by atoms with Crippen LogP contribution < -0.4 is 5.32 Å². The minimum atomic E-state index is -0.424. The summed E-state index contributed by atoms with van der Waals surface area (Å²) in [7, 11) is 0. The summed E-state index contributed by atoms with van der Waals surface area (Å²) in [5.41, 5.74) is 3.33. The molecule has 41 heavy (non-hydrogen) atoms. The summed E-state index contributed by atoms with van der Waals surface area (Å²) in [6, 6.07) is 18.6. The molecule has 0 radical (unpaired) electrons. The molecule has 2 heterocycles. The molecule has 0 aromatic heterocycles. The SMILES string of the molecule is O=C(c1ccc2c(c1)[C@@H]1[C@H](Cl)[C@H](Sc3ccccc3[N+](=O)[O-])C[C@@H]1[C@H](c1ccc([N+](=O)[O-])cc1)N2)N1CCOCC1. The van der Waals surface area contributed by atoms with Gasteiger partial charge in [0.25, 0.3) is 17.3 Å². The number of nitrogens with zero attached hydrogens (tertiary/aromatic N) is 3. The van der Waals surface area contributed by atoms with Gasteiger partial charge in [0.05, 0.1) is 39.4 Å². The molecule has 3 aromatic carbocycles. The standard InChI is InChI=1S/C29H27ClN4O6S/c30-27-25(41-24-4-2-1-3-23(24)34(38)39)16-21-26(27)20-15-18(29(35)32-11-13-40-14-12-32)7-10-22(20)31-28(21)17-5-8-19(9-6-17)33(36)37/h1-10,15,21,25-28,31H,11-14,16H2/t21-,25+,26-,27+,28-/m0/s1.